The molecule has 1 aromatic carbocycles. The lowest BCUT2D eigenvalue weighted by Gasteiger charge is -2.37. The average Bonchev–Trinajstić information content (AvgIpc) is 2.75. The highest BCUT2D eigenvalue weighted by molar-refractivity contribution is 6.49. The molecule has 122 valence electrons. The number of Topliss-reactive ketones (excluding diaryl/α,β-unsaturated/α-hetero) is 2. The molecule has 2 aliphatic carbocycles. The molecule has 0 heterocycles. The van der Waals surface area contributed by atoms with E-state index >= 15 is 0 Å². The molecule has 0 saturated heterocycles. The Labute approximate surface area is 136 Å². The number of carbonyl (C=O) groups is 3. The monoisotopic (exact) mass is 313 g/mol. The minimum absolute atomic E-state index is 0.342. The van der Waals surface area contributed by atoms with E-state index in [0.717, 1.165) is 11.1 Å². The predicted octanol–water partition coefficient (Wildman–Crippen LogP) is 3.21. The quantitative estimate of drug-likeness (QED) is 0.673. The van der Waals surface area contributed by atoms with Crippen molar-refractivity contribution in [2.45, 2.75) is 47.5 Å². The summed E-state index contributed by atoms with van der Waals surface area (Å²) < 4.78 is 0. The molecule has 2 aliphatic rings. The topological polar surface area (TPSA) is 63.2 Å². The van der Waals surface area contributed by atoms with Gasteiger partial charge in [0.1, 0.15) is 5.41 Å². The maximum absolute atomic E-state index is 13.0. The number of anilines is 1. The number of amides is 1. The fraction of sp³-hybridized carbons (Fsp3) is 0.526. The summed E-state index contributed by atoms with van der Waals surface area (Å²) in [7, 11) is 0. The molecule has 1 N–H and O–H groups in total. The number of hydrogen-bond donors (Lipinski definition) is 1. The Morgan fingerprint density at radius 1 is 1.00 bits per heavy atom. The number of benzene rings is 1. The van der Waals surface area contributed by atoms with Gasteiger partial charge in [-0.3, -0.25) is 14.4 Å². The second-order valence-electron chi connectivity index (χ2n) is 7.77. The SMILES string of the molecule is Cc1ccc(NC(=O)C23CCC(C)(C(=O)C2=O)C3(C)C)cc1C. The van der Waals surface area contributed by atoms with Gasteiger partial charge in [0.05, 0.1) is 0 Å². The normalized spacial score (nSPS) is 31.5. The highest BCUT2D eigenvalue weighted by Gasteiger charge is 2.77. The van der Waals surface area contributed by atoms with E-state index in [-0.39, 0.29) is 11.7 Å². The summed E-state index contributed by atoms with van der Waals surface area (Å²) in [5.74, 6) is -1.24. The molecule has 0 radical (unpaired) electrons. The molecule has 1 aromatic rings. The van der Waals surface area contributed by atoms with Crippen molar-refractivity contribution in [2.75, 3.05) is 5.32 Å². The summed E-state index contributed by atoms with van der Waals surface area (Å²) in [6, 6.07) is 5.67. The van der Waals surface area contributed by atoms with Gasteiger partial charge in [0.15, 0.2) is 0 Å². The Bertz CT molecular complexity index is 749. The van der Waals surface area contributed by atoms with Crippen molar-refractivity contribution < 1.29 is 14.4 Å². The Morgan fingerprint density at radius 3 is 2.17 bits per heavy atom. The van der Waals surface area contributed by atoms with Crippen molar-refractivity contribution in [1.29, 1.82) is 0 Å². The average molecular weight is 313 g/mol. The first-order chi connectivity index (χ1) is 10.6. The number of ketones is 2. The van der Waals surface area contributed by atoms with Crippen LogP contribution in [0.25, 0.3) is 0 Å². The maximum atomic E-state index is 13.0. The first kappa shape index (κ1) is 15.9. The maximum Gasteiger partial charge on any atom is 0.239 e. The van der Waals surface area contributed by atoms with Crippen molar-refractivity contribution in [3.05, 3.63) is 29.3 Å². The van der Waals surface area contributed by atoms with Crippen molar-refractivity contribution >= 4 is 23.2 Å². The van der Waals surface area contributed by atoms with Gasteiger partial charge in [0, 0.05) is 11.1 Å². The summed E-state index contributed by atoms with van der Waals surface area (Å²) in [5, 5.41) is 2.88. The van der Waals surface area contributed by atoms with Crippen LogP contribution < -0.4 is 5.32 Å². The van der Waals surface area contributed by atoms with Crippen LogP contribution in [0.4, 0.5) is 5.69 Å². The van der Waals surface area contributed by atoms with Crippen LogP contribution in [0, 0.1) is 30.1 Å². The minimum atomic E-state index is -1.24. The largest absolute Gasteiger partial charge is 0.325 e. The molecule has 0 aromatic heterocycles. The molecule has 0 aliphatic heterocycles. The van der Waals surface area contributed by atoms with Crippen LogP contribution in [0.5, 0.6) is 0 Å². The fourth-order valence-corrected chi connectivity index (χ4v) is 4.33. The van der Waals surface area contributed by atoms with E-state index in [1.165, 1.54) is 0 Å². The number of aryl methyl sites for hydroxylation is 2. The Morgan fingerprint density at radius 2 is 1.65 bits per heavy atom. The summed E-state index contributed by atoms with van der Waals surface area (Å²) in [5.41, 5.74) is 0.246. The minimum Gasteiger partial charge on any atom is -0.325 e. The van der Waals surface area contributed by atoms with E-state index in [4.69, 9.17) is 0 Å². The number of fused-ring (bicyclic) bond motifs is 2. The molecule has 2 saturated carbocycles. The van der Waals surface area contributed by atoms with E-state index in [0.29, 0.717) is 18.5 Å². The molecule has 2 unspecified atom stereocenters. The lowest BCUT2D eigenvalue weighted by molar-refractivity contribution is -0.147. The zero-order valence-corrected chi connectivity index (χ0v) is 14.4. The predicted molar refractivity (Wildman–Crippen MR) is 88.1 cm³/mol. The van der Waals surface area contributed by atoms with E-state index in [1.807, 2.05) is 52.8 Å². The molecule has 23 heavy (non-hydrogen) atoms. The lowest BCUT2D eigenvalue weighted by Crippen LogP contribution is -2.47. The molecule has 1 amide bonds. The molecular weight excluding hydrogens is 290 g/mol. The first-order valence-corrected chi connectivity index (χ1v) is 8.06. The Balaban J connectivity index is 2.00. The zero-order chi connectivity index (χ0) is 17.2. The fourth-order valence-electron chi connectivity index (χ4n) is 4.33. The number of rotatable bonds is 2. The standard InChI is InChI=1S/C19H23NO3/c1-11-6-7-13(10-12(11)2)20-16(23)19-9-8-18(5,17(19,3)4)14(21)15(19)22/h6-7,10H,8-9H2,1-5H3,(H,20,23). The van der Waals surface area contributed by atoms with Gasteiger partial charge in [0.2, 0.25) is 17.5 Å². The smallest absolute Gasteiger partial charge is 0.239 e. The van der Waals surface area contributed by atoms with Gasteiger partial charge in [-0.05, 0) is 55.4 Å². The Hall–Kier alpha value is -1.97. The van der Waals surface area contributed by atoms with Crippen LogP contribution in [-0.4, -0.2) is 17.5 Å². The molecule has 2 fully saturated rings. The molecule has 2 bridgehead atoms. The first-order valence-electron chi connectivity index (χ1n) is 8.06. The van der Waals surface area contributed by atoms with Gasteiger partial charge in [-0.25, -0.2) is 0 Å². The molecule has 4 nitrogen and oxygen atoms in total. The zero-order valence-electron chi connectivity index (χ0n) is 14.4. The van der Waals surface area contributed by atoms with E-state index in [1.54, 1.807) is 0 Å². The second-order valence-corrected chi connectivity index (χ2v) is 7.77. The third-order valence-electron chi connectivity index (χ3n) is 6.69. The second kappa shape index (κ2) is 4.53. The summed E-state index contributed by atoms with van der Waals surface area (Å²) >= 11 is 0. The van der Waals surface area contributed by atoms with E-state index < -0.39 is 22.0 Å². The number of hydrogen-bond acceptors (Lipinski definition) is 3. The Kier molecular flexibility index (Phi) is 3.13. The van der Waals surface area contributed by atoms with E-state index in [2.05, 4.69) is 5.32 Å². The molecule has 2 atom stereocenters. The van der Waals surface area contributed by atoms with Crippen LogP contribution in [0.15, 0.2) is 18.2 Å². The highest BCUT2D eigenvalue weighted by Crippen LogP contribution is 2.69. The van der Waals surface area contributed by atoms with Gasteiger partial charge in [0.25, 0.3) is 0 Å². The van der Waals surface area contributed by atoms with E-state index in [9.17, 15) is 14.4 Å². The van der Waals surface area contributed by atoms with Crippen molar-refractivity contribution in [2.24, 2.45) is 16.2 Å². The van der Waals surface area contributed by atoms with Gasteiger partial charge in [-0.2, -0.15) is 0 Å². The van der Waals surface area contributed by atoms with Gasteiger partial charge >= 0.3 is 0 Å². The third-order valence-corrected chi connectivity index (χ3v) is 6.69. The third kappa shape index (κ3) is 1.69. The number of carbonyl (C=O) groups excluding carboxylic acids is 3. The molecule has 3 rings (SSSR count). The highest BCUT2D eigenvalue weighted by atomic mass is 16.2. The number of nitrogens with one attached hydrogen (secondary N) is 1. The van der Waals surface area contributed by atoms with Crippen LogP contribution in [0.2, 0.25) is 0 Å². The summed E-state index contributed by atoms with van der Waals surface area (Å²) in [6.45, 7) is 9.56. The molecular formula is C19H23NO3. The van der Waals surface area contributed by atoms with Gasteiger partial charge in [-0.15, -0.1) is 0 Å². The van der Waals surface area contributed by atoms with Crippen LogP contribution >= 0.6 is 0 Å². The van der Waals surface area contributed by atoms with Crippen molar-refractivity contribution in [1.82, 2.24) is 0 Å². The molecule has 0 spiro atoms. The lowest BCUT2D eigenvalue weighted by atomic mass is 9.64. The van der Waals surface area contributed by atoms with Crippen LogP contribution in [0.1, 0.15) is 44.7 Å². The van der Waals surface area contributed by atoms with Gasteiger partial charge in [-0.1, -0.05) is 26.8 Å². The van der Waals surface area contributed by atoms with Crippen LogP contribution in [0.3, 0.4) is 0 Å². The summed E-state index contributed by atoms with van der Waals surface area (Å²) in [4.78, 5) is 38.1. The van der Waals surface area contributed by atoms with Crippen LogP contribution in [-0.2, 0) is 14.4 Å². The van der Waals surface area contributed by atoms with Crippen molar-refractivity contribution in [3.8, 4) is 0 Å². The molecule has 4 heteroatoms. The van der Waals surface area contributed by atoms with Gasteiger partial charge < -0.3 is 5.32 Å². The van der Waals surface area contributed by atoms with Crippen molar-refractivity contribution in [3.63, 3.8) is 0 Å². The summed E-state index contributed by atoms with van der Waals surface area (Å²) in [6.07, 6.45) is 1.03.